The molecular formula is C18H23N7O3. The van der Waals surface area contributed by atoms with Crippen LogP contribution in [0, 0.1) is 0 Å². The average molecular weight is 385 g/mol. The van der Waals surface area contributed by atoms with Gasteiger partial charge >= 0.3 is 0 Å². The largest absolute Gasteiger partial charge is 0.379 e. The van der Waals surface area contributed by atoms with Crippen molar-refractivity contribution in [1.29, 1.82) is 0 Å². The van der Waals surface area contributed by atoms with Crippen molar-refractivity contribution in [1.82, 2.24) is 15.3 Å². The number of ketones is 1. The number of nitrogen functional groups attached to an aromatic ring is 1. The van der Waals surface area contributed by atoms with Gasteiger partial charge in [-0.3, -0.25) is 9.59 Å². The molecule has 10 nitrogen and oxygen atoms in total. The highest BCUT2D eigenvalue weighted by atomic mass is 16.2. The smallest absolute Gasteiger partial charge is 0.271 e. The Morgan fingerprint density at radius 3 is 2.46 bits per heavy atom. The summed E-state index contributed by atoms with van der Waals surface area (Å²) in [6.45, 7) is 2.28. The summed E-state index contributed by atoms with van der Waals surface area (Å²) in [5.41, 5.74) is 9.26. The number of carbonyl (C=O) groups excluding carboxylic acids is 3. The Morgan fingerprint density at radius 1 is 1.14 bits per heavy atom. The van der Waals surface area contributed by atoms with Gasteiger partial charge in [-0.15, -0.1) is 0 Å². The maximum atomic E-state index is 12.0. The first-order valence-corrected chi connectivity index (χ1v) is 8.64. The van der Waals surface area contributed by atoms with Crippen molar-refractivity contribution in [3.05, 3.63) is 47.4 Å². The van der Waals surface area contributed by atoms with E-state index < -0.39 is 5.91 Å². The van der Waals surface area contributed by atoms with Crippen LogP contribution in [0.1, 0.15) is 46.3 Å². The number of nitrogens with two attached hydrogens (primary N) is 2. The van der Waals surface area contributed by atoms with Gasteiger partial charge in [0.2, 0.25) is 0 Å². The molecule has 28 heavy (non-hydrogen) atoms. The Hall–Kier alpha value is -3.53. The van der Waals surface area contributed by atoms with Gasteiger partial charge < -0.3 is 26.6 Å². The van der Waals surface area contributed by atoms with Crippen LogP contribution in [0.15, 0.2) is 30.5 Å². The SMILES string of the molecule is CC(=O)CCCNC(=O)c1ccc(NCc2cnc(NN)c(C(N)=O)n2)cc1. The zero-order chi connectivity index (χ0) is 20.5. The first-order chi connectivity index (χ1) is 13.4. The summed E-state index contributed by atoms with van der Waals surface area (Å²) < 4.78 is 0. The molecule has 0 saturated carbocycles. The Bertz CT molecular complexity index is 853. The number of Topliss-reactive ketones (excluding diaryl/α,β-unsaturated/α-hetero) is 1. The lowest BCUT2D eigenvalue weighted by molar-refractivity contribution is -0.117. The molecule has 0 aliphatic rings. The molecule has 0 atom stereocenters. The monoisotopic (exact) mass is 385 g/mol. The Kier molecular flexibility index (Phi) is 7.40. The Labute approximate surface area is 162 Å². The number of nitrogens with one attached hydrogen (secondary N) is 3. The lowest BCUT2D eigenvalue weighted by Crippen LogP contribution is -2.24. The van der Waals surface area contributed by atoms with Crippen molar-refractivity contribution in [2.45, 2.75) is 26.3 Å². The number of rotatable bonds is 10. The topological polar surface area (TPSA) is 165 Å². The molecule has 0 aliphatic carbocycles. The van der Waals surface area contributed by atoms with Crippen LogP contribution in [-0.2, 0) is 11.3 Å². The molecule has 7 N–H and O–H groups in total. The number of primary amides is 1. The highest BCUT2D eigenvalue weighted by Crippen LogP contribution is 2.13. The van der Waals surface area contributed by atoms with Crippen molar-refractivity contribution in [3.8, 4) is 0 Å². The number of hydrogen-bond acceptors (Lipinski definition) is 8. The molecule has 2 aromatic rings. The van der Waals surface area contributed by atoms with Gasteiger partial charge in [-0.25, -0.2) is 15.8 Å². The van der Waals surface area contributed by atoms with Crippen LogP contribution in [0.3, 0.4) is 0 Å². The molecule has 2 amide bonds. The van der Waals surface area contributed by atoms with Crippen LogP contribution < -0.4 is 27.6 Å². The van der Waals surface area contributed by atoms with E-state index in [-0.39, 0.29) is 23.2 Å². The summed E-state index contributed by atoms with van der Waals surface area (Å²) in [6, 6.07) is 6.88. The molecule has 2 rings (SSSR count). The van der Waals surface area contributed by atoms with Crippen molar-refractivity contribution in [3.63, 3.8) is 0 Å². The fraction of sp³-hybridized carbons (Fsp3) is 0.278. The molecule has 0 radical (unpaired) electrons. The summed E-state index contributed by atoms with van der Waals surface area (Å²) in [5, 5.41) is 5.89. The number of aromatic nitrogens is 2. The highest BCUT2D eigenvalue weighted by molar-refractivity contribution is 5.95. The molecule has 0 bridgehead atoms. The minimum absolute atomic E-state index is 0.0430. The van der Waals surface area contributed by atoms with Gasteiger partial charge in [0, 0.05) is 24.2 Å². The molecule has 1 heterocycles. The second-order valence-corrected chi connectivity index (χ2v) is 6.06. The maximum absolute atomic E-state index is 12.0. The number of hydrazine groups is 1. The molecule has 0 fully saturated rings. The van der Waals surface area contributed by atoms with Gasteiger partial charge in [-0.05, 0) is 37.6 Å². The molecule has 1 aromatic heterocycles. The molecule has 0 spiro atoms. The van der Waals surface area contributed by atoms with E-state index in [0.29, 0.717) is 37.2 Å². The summed E-state index contributed by atoms with van der Waals surface area (Å²) in [7, 11) is 0. The quantitative estimate of drug-likeness (QED) is 0.225. The van der Waals surface area contributed by atoms with Crippen molar-refractivity contribution in [2.24, 2.45) is 11.6 Å². The number of nitrogens with zero attached hydrogens (tertiary/aromatic N) is 2. The predicted octanol–water partition coefficient (Wildman–Crippen LogP) is 0.572. The van der Waals surface area contributed by atoms with Crippen LogP contribution in [0.5, 0.6) is 0 Å². The standard InChI is InChI=1S/C18H23N7O3/c1-11(26)3-2-8-21-18(28)12-4-6-13(7-5-12)22-9-14-10-23-17(25-20)15(24-14)16(19)27/h4-7,10,22H,2-3,8-9,20H2,1H3,(H2,19,27)(H,21,28)(H,23,25). The van der Waals surface area contributed by atoms with E-state index in [1.165, 1.54) is 13.1 Å². The van der Waals surface area contributed by atoms with Crippen LogP contribution in [-0.4, -0.2) is 34.1 Å². The van der Waals surface area contributed by atoms with Gasteiger partial charge in [-0.2, -0.15) is 0 Å². The first kappa shape index (κ1) is 20.8. The number of amides is 2. The summed E-state index contributed by atoms with van der Waals surface area (Å²) in [6.07, 6.45) is 2.54. The fourth-order valence-corrected chi connectivity index (χ4v) is 2.36. The number of anilines is 2. The lowest BCUT2D eigenvalue weighted by atomic mass is 10.2. The normalized spacial score (nSPS) is 10.2. The summed E-state index contributed by atoms with van der Waals surface area (Å²) in [5.74, 6) is 4.55. The second-order valence-electron chi connectivity index (χ2n) is 6.06. The summed E-state index contributed by atoms with van der Waals surface area (Å²) >= 11 is 0. The molecule has 10 heteroatoms. The predicted molar refractivity (Wildman–Crippen MR) is 104 cm³/mol. The highest BCUT2D eigenvalue weighted by Gasteiger charge is 2.12. The zero-order valence-electron chi connectivity index (χ0n) is 15.5. The maximum Gasteiger partial charge on any atom is 0.271 e. The van der Waals surface area contributed by atoms with E-state index in [1.807, 2.05) is 0 Å². The third-order valence-corrected chi connectivity index (χ3v) is 3.80. The minimum Gasteiger partial charge on any atom is -0.379 e. The third kappa shape index (κ3) is 6.02. The van der Waals surface area contributed by atoms with E-state index >= 15 is 0 Å². The number of hydrogen-bond donors (Lipinski definition) is 5. The van der Waals surface area contributed by atoms with Gasteiger partial charge in [0.15, 0.2) is 11.5 Å². The summed E-state index contributed by atoms with van der Waals surface area (Å²) in [4.78, 5) is 42.4. The molecule has 0 aliphatic heterocycles. The van der Waals surface area contributed by atoms with Crippen molar-refractivity contribution < 1.29 is 14.4 Å². The van der Waals surface area contributed by atoms with Crippen LogP contribution >= 0.6 is 0 Å². The third-order valence-electron chi connectivity index (χ3n) is 3.80. The van der Waals surface area contributed by atoms with Crippen LogP contribution in [0.2, 0.25) is 0 Å². The molecule has 0 saturated heterocycles. The second kappa shape index (κ2) is 9.97. The Balaban J connectivity index is 1.90. The number of benzene rings is 1. The zero-order valence-corrected chi connectivity index (χ0v) is 15.5. The first-order valence-electron chi connectivity index (χ1n) is 8.64. The molecule has 1 aromatic carbocycles. The number of carbonyl (C=O) groups is 3. The van der Waals surface area contributed by atoms with Crippen molar-refractivity contribution in [2.75, 3.05) is 17.3 Å². The van der Waals surface area contributed by atoms with Gasteiger partial charge in [0.1, 0.15) is 5.78 Å². The van der Waals surface area contributed by atoms with E-state index in [1.54, 1.807) is 24.3 Å². The van der Waals surface area contributed by atoms with Crippen molar-refractivity contribution >= 4 is 29.1 Å². The van der Waals surface area contributed by atoms with E-state index in [2.05, 4.69) is 26.0 Å². The average Bonchev–Trinajstić information content (AvgIpc) is 2.69. The van der Waals surface area contributed by atoms with Gasteiger partial charge in [0.05, 0.1) is 18.4 Å². The van der Waals surface area contributed by atoms with Gasteiger partial charge in [-0.1, -0.05) is 0 Å². The van der Waals surface area contributed by atoms with Crippen LogP contribution in [0.25, 0.3) is 0 Å². The van der Waals surface area contributed by atoms with E-state index in [4.69, 9.17) is 11.6 Å². The van der Waals surface area contributed by atoms with E-state index in [9.17, 15) is 14.4 Å². The van der Waals surface area contributed by atoms with Crippen LogP contribution in [0.4, 0.5) is 11.5 Å². The van der Waals surface area contributed by atoms with Gasteiger partial charge in [0.25, 0.3) is 11.8 Å². The van der Waals surface area contributed by atoms with E-state index in [0.717, 1.165) is 5.69 Å². The molecule has 148 valence electrons. The molecular weight excluding hydrogens is 362 g/mol. The lowest BCUT2D eigenvalue weighted by Gasteiger charge is -2.09. The Morgan fingerprint density at radius 2 is 1.86 bits per heavy atom. The minimum atomic E-state index is -0.735. The fourth-order valence-electron chi connectivity index (χ4n) is 2.36. The molecule has 0 unspecified atom stereocenters.